The van der Waals surface area contributed by atoms with Crippen LogP contribution in [0.4, 0.5) is 11.4 Å². The van der Waals surface area contributed by atoms with Crippen LogP contribution in [0.1, 0.15) is 20.8 Å². The van der Waals surface area contributed by atoms with Crippen molar-refractivity contribution in [3.05, 3.63) is 17.4 Å². The molecule has 0 bridgehead atoms. The lowest BCUT2D eigenvalue weighted by Crippen LogP contribution is -2.31. The van der Waals surface area contributed by atoms with E-state index in [9.17, 15) is 0 Å². The molecule has 2 N–H and O–H groups in total. The van der Waals surface area contributed by atoms with E-state index >= 15 is 0 Å². The minimum Gasteiger partial charge on any atom is -0.396 e. The molecule has 4 heteroatoms. The average Bonchev–Trinajstić information content (AvgIpc) is 2.10. The first-order chi connectivity index (χ1) is 6.57. The van der Waals surface area contributed by atoms with E-state index in [1.165, 1.54) is 0 Å². The maximum Gasteiger partial charge on any atom is 0.0844 e. The van der Waals surface area contributed by atoms with Crippen LogP contribution >= 0.6 is 11.6 Å². The predicted molar refractivity (Wildman–Crippen MR) is 61.8 cm³/mol. The van der Waals surface area contributed by atoms with Crippen LogP contribution in [-0.2, 0) is 0 Å². The van der Waals surface area contributed by atoms with Crippen molar-refractivity contribution in [1.82, 2.24) is 4.98 Å². The smallest absolute Gasteiger partial charge is 0.0844 e. The normalized spacial score (nSPS) is 10.6. The molecule has 1 rings (SSSR count). The Morgan fingerprint density at radius 3 is 2.57 bits per heavy atom. The van der Waals surface area contributed by atoms with E-state index in [0.717, 1.165) is 12.2 Å². The van der Waals surface area contributed by atoms with Gasteiger partial charge in [-0.2, -0.15) is 0 Å². The summed E-state index contributed by atoms with van der Waals surface area (Å²) in [6.45, 7) is 7.18. The van der Waals surface area contributed by atoms with Crippen molar-refractivity contribution < 1.29 is 0 Å². The second-order valence-electron chi connectivity index (χ2n) is 3.44. The number of hydrogen-bond donors (Lipinski definition) is 1. The quantitative estimate of drug-likeness (QED) is 0.839. The predicted octanol–water partition coefficient (Wildman–Crippen LogP) is 2.55. The summed E-state index contributed by atoms with van der Waals surface area (Å²) < 4.78 is 0. The van der Waals surface area contributed by atoms with Gasteiger partial charge in [-0.1, -0.05) is 11.6 Å². The van der Waals surface area contributed by atoms with E-state index in [1.54, 1.807) is 12.4 Å². The SMILES string of the molecule is CCN(c1c(N)cncc1Cl)C(C)C. The first-order valence-corrected chi connectivity index (χ1v) is 5.11. The molecule has 0 aliphatic carbocycles. The van der Waals surface area contributed by atoms with Crippen LogP contribution in [0, 0.1) is 0 Å². The zero-order valence-corrected chi connectivity index (χ0v) is 9.54. The molecule has 0 spiro atoms. The van der Waals surface area contributed by atoms with E-state index in [1.807, 2.05) is 0 Å². The summed E-state index contributed by atoms with van der Waals surface area (Å²) in [6, 6.07) is 0.377. The standard InChI is InChI=1S/C10H16ClN3/c1-4-14(7(2)3)10-8(11)5-13-6-9(10)12/h5-7H,4,12H2,1-3H3. The Hall–Kier alpha value is -0.960. The number of rotatable bonds is 3. The monoisotopic (exact) mass is 213 g/mol. The van der Waals surface area contributed by atoms with Gasteiger partial charge >= 0.3 is 0 Å². The highest BCUT2D eigenvalue weighted by atomic mass is 35.5. The van der Waals surface area contributed by atoms with Gasteiger partial charge in [0.15, 0.2) is 0 Å². The first kappa shape index (κ1) is 11.1. The van der Waals surface area contributed by atoms with Crippen molar-refractivity contribution in [3.8, 4) is 0 Å². The molecule has 0 saturated carbocycles. The van der Waals surface area contributed by atoms with E-state index in [0.29, 0.717) is 16.8 Å². The summed E-state index contributed by atoms with van der Waals surface area (Å²) >= 11 is 6.06. The zero-order valence-electron chi connectivity index (χ0n) is 8.79. The van der Waals surface area contributed by atoms with E-state index < -0.39 is 0 Å². The van der Waals surface area contributed by atoms with Crippen molar-refractivity contribution >= 4 is 23.0 Å². The third-order valence-corrected chi connectivity index (χ3v) is 2.43. The Morgan fingerprint density at radius 1 is 1.50 bits per heavy atom. The molecule has 0 atom stereocenters. The second-order valence-corrected chi connectivity index (χ2v) is 3.85. The number of hydrogen-bond acceptors (Lipinski definition) is 3. The van der Waals surface area contributed by atoms with Gasteiger partial charge in [-0.15, -0.1) is 0 Å². The Balaban J connectivity index is 3.15. The molecule has 1 aromatic rings. The summed E-state index contributed by atoms with van der Waals surface area (Å²) in [5.74, 6) is 0. The molecule has 3 nitrogen and oxygen atoms in total. The Kier molecular flexibility index (Phi) is 3.58. The Morgan fingerprint density at radius 2 is 2.14 bits per heavy atom. The highest BCUT2D eigenvalue weighted by Crippen LogP contribution is 2.31. The number of anilines is 2. The number of nitrogens with zero attached hydrogens (tertiary/aromatic N) is 2. The van der Waals surface area contributed by atoms with Crippen LogP contribution in [0.5, 0.6) is 0 Å². The molecule has 0 aliphatic heterocycles. The molecule has 0 saturated heterocycles. The lowest BCUT2D eigenvalue weighted by atomic mass is 10.2. The highest BCUT2D eigenvalue weighted by molar-refractivity contribution is 6.33. The van der Waals surface area contributed by atoms with Crippen LogP contribution in [0.3, 0.4) is 0 Å². The maximum absolute atomic E-state index is 6.06. The van der Waals surface area contributed by atoms with Crippen molar-refractivity contribution in [1.29, 1.82) is 0 Å². The molecule has 0 radical (unpaired) electrons. The molecule has 0 aromatic carbocycles. The van der Waals surface area contributed by atoms with E-state index in [2.05, 4.69) is 30.7 Å². The summed E-state index contributed by atoms with van der Waals surface area (Å²) in [5, 5.41) is 0.612. The van der Waals surface area contributed by atoms with Crippen LogP contribution in [-0.4, -0.2) is 17.6 Å². The number of pyridine rings is 1. The van der Waals surface area contributed by atoms with Crippen molar-refractivity contribution in [2.75, 3.05) is 17.2 Å². The fourth-order valence-corrected chi connectivity index (χ4v) is 1.80. The van der Waals surface area contributed by atoms with Crippen molar-refractivity contribution in [3.63, 3.8) is 0 Å². The van der Waals surface area contributed by atoms with Gasteiger partial charge < -0.3 is 10.6 Å². The summed E-state index contributed by atoms with van der Waals surface area (Å²) in [5.41, 5.74) is 7.37. The summed E-state index contributed by atoms with van der Waals surface area (Å²) in [6.07, 6.45) is 3.25. The summed E-state index contributed by atoms with van der Waals surface area (Å²) in [7, 11) is 0. The van der Waals surface area contributed by atoms with Gasteiger partial charge in [0.05, 0.1) is 22.6 Å². The zero-order chi connectivity index (χ0) is 10.7. The Bertz CT molecular complexity index is 292. The molecule has 0 unspecified atom stereocenters. The lowest BCUT2D eigenvalue weighted by Gasteiger charge is -2.29. The second kappa shape index (κ2) is 4.51. The first-order valence-electron chi connectivity index (χ1n) is 4.73. The fourth-order valence-electron chi connectivity index (χ4n) is 1.53. The van der Waals surface area contributed by atoms with Gasteiger partial charge in [0.2, 0.25) is 0 Å². The van der Waals surface area contributed by atoms with Gasteiger partial charge in [-0.3, -0.25) is 4.98 Å². The van der Waals surface area contributed by atoms with Gasteiger partial charge in [-0.05, 0) is 20.8 Å². The van der Waals surface area contributed by atoms with E-state index in [-0.39, 0.29) is 0 Å². The van der Waals surface area contributed by atoms with Crippen LogP contribution in [0.25, 0.3) is 0 Å². The fraction of sp³-hybridized carbons (Fsp3) is 0.500. The topological polar surface area (TPSA) is 42.1 Å². The third kappa shape index (κ3) is 2.10. The average molecular weight is 214 g/mol. The highest BCUT2D eigenvalue weighted by Gasteiger charge is 2.14. The molecule has 14 heavy (non-hydrogen) atoms. The van der Waals surface area contributed by atoms with E-state index in [4.69, 9.17) is 17.3 Å². The molecule has 1 heterocycles. The third-order valence-electron chi connectivity index (χ3n) is 2.15. The van der Waals surface area contributed by atoms with Crippen LogP contribution in [0.15, 0.2) is 12.4 Å². The molecule has 78 valence electrons. The number of halogens is 1. The molecule has 0 aliphatic rings. The summed E-state index contributed by atoms with van der Waals surface area (Å²) in [4.78, 5) is 6.09. The maximum atomic E-state index is 6.06. The van der Waals surface area contributed by atoms with Gasteiger partial charge in [0.1, 0.15) is 0 Å². The van der Waals surface area contributed by atoms with Crippen LogP contribution in [0.2, 0.25) is 5.02 Å². The number of aromatic nitrogens is 1. The Labute approximate surface area is 89.9 Å². The molecule has 0 amide bonds. The number of nitrogen functional groups attached to an aromatic ring is 1. The van der Waals surface area contributed by atoms with Crippen molar-refractivity contribution in [2.45, 2.75) is 26.8 Å². The van der Waals surface area contributed by atoms with Gasteiger partial charge in [0, 0.05) is 18.8 Å². The largest absolute Gasteiger partial charge is 0.396 e. The molecule has 0 fully saturated rings. The van der Waals surface area contributed by atoms with Gasteiger partial charge in [-0.25, -0.2) is 0 Å². The minimum absolute atomic E-state index is 0.377. The number of nitrogens with two attached hydrogens (primary N) is 1. The minimum atomic E-state index is 0.377. The molecular weight excluding hydrogens is 198 g/mol. The van der Waals surface area contributed by atoms with Gasteiger partial charge in [0.25, 0.3) is 0 Å². The molecule has 1 aromatic heterocycles. The van der Waals surface area contributed by atoms with Crippen molar-refractivity contribution in [2.24, 2.45) is 0 Å². The lowest BCUT2D eigenvalue weighted by molar-refractivity contribution is 0.704. The molecular formula is C10H16ClN3. The van der Waals surface area contributed by atoms with Crippen LogP contribution < -0.4 is 10.6 Å².